The highest BCUT2D eigenvalue weighted by Gasteiger charge is 2.61. The van der Waals surface area contributed by atoms with Gasteiger partial charge in [-0.05, 0) is 49.1 Å². The Hall–Kier alpha value is -1.06. The lowest BCUT2D eigenvalue weighted by atomic mass is 9.83. The van der Waals surface area contributed by atoms with Gasteiger partial charge in [0.2, 0.25) is 5.91 Å². The molecule has 0 saturated heterocycles. The fourth-order valence-electron chi connectivity index (χ4n) is 5.13. The van der Waals surface area contributed by atoms with Crippen molar-refractivity contribution in [2.24, 2.45) is 17.6 Å². The minimum Gasteiger partial charge on any atom is -0.352 e. The van der Waals surface area contributed by atoms with Crippen molar-refractivity contribution in [3.63, 3.8) is 0 Å². The number of hydrogen-bond acceptors (Lipinski definition) is 2. The Bertz CT molecular complexity index is 599. The van der Waals surface area contributed by atoms with E-state index >= 15 is 0 Å². The quantitative estimate of drug-likeness (QED) is 0.876. The van der Waals surface area contributed by atoms with Gasteiger partial charge in [-0.3, -0.25) is 4.79 Å². The summed E-state index contributed by atoms with van der Waals surface area (Å²) in [5.41, 5.74) is 9.01. The molecule has 3 unspecified atom stereocenters. The van der Waals surface area contributed by atoms with Crippen LogP contribution in [-0.2, 0) is 16.6 Å². The van der Waals surface area contributed by atoms with Crippen LogP contribution in [0.1, 0.15) is 56.1 Å². The molecule has 4 rings (SSSR count). The predicted octanol–water partition coefficient (Wildman–Crippen LogP) is 3.34. The summed E-state index contributed by atoms with van der Waals surface area (Å²) in [5, 5.41) is 3.32. The Balaban J connectivity index is 0.00000169. The van der Waals surface area contributed by atoms with Gasteiger partial charge in [-0.2, -0.15) is 0 Å². The lowest BCUT2D eigenvalue weighted by Crippen LogP contribution is -2.47. The summed E-state index contributed by atoms with van der Waals surface area (Å²) >= 11 is 0. The molecule has 0 bridgehead atoms. The first-order chi connectivity index (χ1) is 11.2. The van der Waals surface area contributed by atoms with E-state index in [0.717, 1.165) is 19.3 Å². The van der Waals surface area contributed by atoms with Crippen molar-refractivity contribution in [1.82, 2.24) is 5.32 Å². The lowest BCUT2D eigenvalue weighted by Gasteiger charge is -2.30. The SMILES string of the molecule is Cl.NCC(NC(=O)C1CC12CCc1ccccc12)C1CCCCC1. The standard InChI is InChI=1S/C20H28N2O.ClH/c21-13-18(15-7-2-1-3-8-15)22-19(23)17-12-20(17)11-10-14-6-4-5-9-16(14)20;/h4-6,9,15,17-18H,1-3,7-8,10-13,21H2,(H,22,23);1H. The highest BCUT2D eigenvalue weighted by Crippen LogP contribution is 2.61. The van der Waals surface area contributed by atoms with Crippen LogP contribution in [0, 0.1) is 11.8 Å². The van der Waals surface area contributed by atoms with E-state index in [4.69, 9.17) is 5.73 Å². The summed E-state index contributed by atoms with van der Waals surface area (Å²) in [5.74, 6) is 1.01. The van der Waals surface area contributed by atoms with Crippen molar-refractivity contribution in [3.8, 4) is 0 Å². The number of hydrogen-bond donors (Lipinski definition) is 2. The summed E-state index contributed by atoms with van der Waals surface area (Å²) < 4.78 is 0. The van der Waals surface area contributed by atoms with Gasteiger partial charge >= 0.3 is 0 Å². The zero-order valence-electron chi connectivity index (χ0n) is 14.3. The van der Waals surface area contributed by atoms with Crippen LogP contribution in [0.4, 0.5) is 0 Å². The first-order valence-electron chi connectivity index (χ1n) is 9.33. The highest BCUT2D eigenvalue weighted by molar-refractivity contribution is 5.85. The van der Waals surface area contributed by atoms with Crippen LogP contribution < -0.4 is 11.1 Å². The Morgan fingerprint density at radius 1 is 1.25 bits per heavy atom. The second kappa shape index (κ2) is 7.05. The molecule has 3 aliphatic carbocycles. The second-order valence-corrected chi connectivity index (χ2v) is 7.82. The van der Waals surface area contributed by atoms with Crippen LogP contribution in [0.2, 0.25) is 0 Å². The first-order valence-corrected chi connectivity index (χ1v) is 9.33. The molecule has 2 fully saturated rings. The Morgan fingerprint density at radius 2 is 2.00 bits per heavy atom. The van der Waals surface area contributed by atoms with Gasteiger partial charge in [0.15, 0.2) is 0 Å². The number of benzene rings is 1. The molecule has 1 aromatic carbocycles. The summed E-state index contributed by atoms with van der Waals surface area (Å²) in [6.07, 6.45) is 9.66. The number of amides is 1. The van der Waals surface area contributed by atoms with Crippen LogP contribution in [0.3, 0.4) is 0 Å². The van der Waals surface area contributed by atoms with Gasteiger partial charge in [-0.1, -0.05) is 43.5 Å². The summed E-state index contributed by atoms with van der Waals surface area (Å²) in [6.45, 7) is 0.576. The van der Waals surface area contributed by atoms with E-state index in [1.165, 1.54) is 43.2 Å². The Kier molecular flexibility index (Phi) is 5.22. The third-order valence-corrected chi connectivity index (χ3v) is 6.59. The van der Waals surface area contributed by atoms with Crippen molar-refractivity contribution in [2.45, 2.75) is 62.8 Å². The topological polar surface area (TPSA) is 55.1 Å². The van der Waals surface area contributed by atoms with Crippen LogP contribution in [0.15, 0.2) is 24.3 Å². The fourth-order valence-corrected chi connectivity index (χ4v) is 5.13. The number of fused-ring (bicyclic) bond motifs is 2. The molecule has 0 aliphatic heterocycles. The molecule has 3 atom stereocenters. The molecule has 3 nitrogen and oxygen atoms in total. The van der Waals surface area contributed by atoms with Gasteiger partial charge in [0.25, 0.3) is 0 Å². The molecule has 3 aliphatic rings. The molecule has 1 spiro atoms. The van der Waals surface area contributed by atoms with E-state index in [9.17, 15) is 4.79 Å². The number of carbonyl (C=O) groups excluding carboxylic acids is 1. The average molecular weight is 349 g/mol. The molecule has 0 radical (unpaired) electrons. The molecule has 24 heavy (non-hydrogen) atoms. The second-order valence-electron chi connectivity index (χ2n) is 7.82. The molecule has 3 N–H and O–H groups in total. The minimum absolute atomic E-state index is 0. The van der Waals surface area contributed by atoms with E-state index in [0.29, 0.717) is 12.5 Å². The molecule has 0 heterocycles. The maximum absolute atomic E-state index is 12.8. The molecular formula is C20H29ClN2O. The molecular weight excluding hydrogens is 320 g/mol. The predicted molar refractivity (Wildman–Crippen MR) is 99.4 cm³/mol. The molecule has 2 saturated carbocycles. The smallest absolute Gasteiger partial charge is 0.224 e. The number of nitrogens with one attached hydrogen (secondary N) is 1. The van der Waals surface area contributed by atoms with Crippen LogP contribution >= 0.6 is 12.4 Å². The summed E-state index contributed by atoms with van der Waals surface area (Å²) in [7, 11) is 0. The largest absolute Gasteiger partial charge is 0.352 e. The highest BCUT2D eigenvalue weighted by atomic mass is 35.5. The molecule has 0 aromatic heterocycles. The fraction of sp³-hybridized carbons (Fsp3) is 0.650. The molecule has 1 amide bonds. The maximum atomic E-state index is 12.8. The van der Waals surface area contributed by atoms with Crippen molar-refractivity contribution in [2.75, 3.05) is 6.54 Å². The zero-order valence-corrected chi connectivity index (χ0v) is 15.1. The normalized spacial score (nSPS) is 29.6. The van der Waals surface area contributed by atoms with Crippen molar-refractivity contribution >= 4 is 18.3 Å². The van der Waals surface area contributed by atoms with Crippen molar-refractivity contribution in [3.05, 3.63) is 35.4 Å². The van der Waals surface area contributed by atoms with Gasteiger partial charge in [-0.15, -0.1) is 12.4 Å². The van der Waals surface area contributed by atoms with E-state index in [1.807, 2.05) is 0 Å². The van der Waals surface area contributed by atoms with Gasteiger partial charge in [0.05, 0.1) is 0 Å². The number of aryl methyl sites for hydroxylation is 1. The molecule has 132 valence electrons. The van der Waals surface area contributed by atoms with Crippen LogP contribution in [0.25, 0.3) is 0 Å². The third kappa shape index (κ3) is 2.97. The van der Waals surface area contributed by atoms with Crippen LogP contribution in [-0.4, -0.2) is 18.5 Å². The molecule has 1 aromatic rings. The number of carbonyl (C=O) groups is 1. The Labute approximate surface area is 151 Å². The van der Waals surface area contributed by atoms with E-state index in [1.54, 1.807) is 0 Å². The number of halogens is 1. The van der Waals surface area contributed by atoms with Crippen molar-refractivity contribution < 1.29 is 4.79 Å². The number of nitrogens with two attached hydrogens (primary N) is 1. The number of rotatable bonds is 4. The lowest BCUT2D eigenvalue weighted by molar-refractivity contribution is -0.123. The van der Waals surface area contributed by atoms with Gasteiger partial charge in [0.1, 0.15) is 0 Å². The average Bonchev–Trinajstić information content (AvgIpc) is 3.23. The third-order valence-electron chi connectivity index (χ3n) is 6.59. The van der Waals surface area contributed by atoms with Gasteiger partial charge < -0.3 is 11.1 Å². The Morgan fingerprint density at radius 3 is 2.75 bits per heavy atom. The monoisotopic (exact) mass is 348 g/mol. The van der Waals surface area contributed by atoms with Gasteiger partial charge in [-0.25, -0.2) is 0 Å². The van der Waals surface area contributed by atoms with E-state index < -0.39 is 0 Å². The van der Waals surface area contributed by atoms with Gasteiger partial charge in [0, 0.05) is 23.9 Å². The maximum Gasteiger partial charge on any atom is 0.224 e. The van der Waals surface area contributed by atoms with Crippen LogP contribution in [0.5, 0.6) is 0 Å². The molecule has 4 heteroatoms. The first kappa shape index (κ1) is 17.8. The summed E-state index contributed by atoms with van der Waals surface area (Å²) in [6, 6.07) is 8.86. The zero-order chi connectivity index (χ0) is 15.9. The van der Waals surface area contributed by atoms with E-state index in [2.05, 4.69) is 29.6 Å². The summed E-state index contributed by atoms with van der Waals surface area (Å²) in [4.78, 5) is 12.8. The van der Waals surface area contributed by atoms with E-state index in [-0.39, 0.29) is 35.7 Å². The minimum atomic E-state index is 0. The van der Waals surface area contributed by atoms with Crippen molar-refractivity contribution in [1.29, 1.82) is 0 Å².